The summed E-state index contributed by atoms with van der Waals surface area (Å²) in [4.78, 5) is 13.2. The second-order valence-electron chi connectivity index (χ2n) is 8.62. The average Bonchev–Trinajstić information content (AvgIpc) is 3.53. The first-order valence-electron chi connectivity index (χ1n) is 11.6. The monoisotopic (exact) mass is 488 g/mol. The summed E-state index contributed by atoms with van der Waals surface area (Å²) in [5.74, 6) is -0.631. The fourth-order valence-corrected chi connectivity index (χ4v) is 6.01. The molecule has 4 heterocycles. The van der Waals surface area contributed by atoms with Gasteiger partial charge >= 0.3 is 0 Å². The van der Waals surface area contributed by atoms with Crippen LogP contribution in [0.1, 0.15) is 43.6 Å². The first-order chi connectivity index (χ1) is 16.2. The molecule has 1 fully saturated rings. The van der Waals surface area contributed by atoms with Crippen molar-refractivity contribution in [1.29, 1.82) is 0 Å². The molecular formula is C22H32N8O3S. The van der Waals surface area contributed by atoms with Crippen LogP contribution in [0.15, 0.2) is 29.7 Å². The maximum Gasteiger partial charge on any atom is 0.246 e. The molecule has 1 amide bonds. The lowest BCUT2D eigenvalue weighted by atomic mass is 9.99. The number of anilines is 1. The number of nitrogens with zero attached hydrogens (tertiary/aromatic N) is 7. The van der Waals surface area contributed by atoms with Gasteiger partial charge in [0.2, 0.25) is 15.9 Å². The molecule has 1 saturated heterocycles. The van der Waals surface area contributed by atoms with Crippen molar-refractivity contribution in [2.75, 3.05) is 18.4 Å². The summed E-state index contributed by atoms with van der Waals surface area (Å²) in [6.45, 7) is 10.2. The van der Waals surface area contributed by atoms with Gasteiger partial charge in [0, 0.05) is 49.8 Å². The number of sulfonamides is 1. The Kier molecular flexibility index (Phi) is 6.89. The standard InChI is InChI=1S/C22H32N8O3S/c1-5-27-15-21(16(3)26-27)34(32,33)29-9-7-8-18(13-29)22(31)25-20-11-23-28(14-20)12-19-10-24-30(6-2)17(19)4/h10-11,14-15,18H,5-9,12-13H2,1-4H3,(H,25,31)/t18-/m0/s1. The van der Waals surface area contributed by atoms with E-state index in [0.29, 0.717) is 43.9 Å². The maximum atomic E-state index is 13.2. The van der Waals surface area contributed by atoms with Gasteiger partial charge in [-0.25, -0.2) is 8.42 Å². The highest BCUT2D eigenvalue weighted by Crippen LogP contribution is 2.26. The number of carbonyl (C=O) groups excluding carboxylic acids is 1. The summed E-state index contributed by atoms with van der Waals surface area (Å²) < 4.78 is 33.1. The molecule has 0 aliphatic carbocycles. The van der Waals surface area contributed by atoms with E-state index in [1.165, 1.54) is 4.31 Å². The Labute approximate surface area is 199 Å². The molecule has 1 aliphatic rings. The lowest BCUT2D eigenvalue weighted by molar-refractivity contribution is -0.120. The number of aryl methyl sites for hydroxylation is 3. The van der Waals surface area contributed by atoms with Gasteiger partial charge < -0.3 is 5.32 Å². The largest absolute Gasteiger partial charge is 0.323 e. The molecular weight excluding hydrogens is 456 g/mol. The molecule has 0 unspecified atom stereocenters. The third-order valence-electron chi connectivity index (χ3n) is 6.34. The van der Waals surface area contributed by atoms with E-state index in [2.05, 4.69) is 20.6 Å². The van der Waals surface area contributed by atoms with Crippen molar-refractivity contribution in [2.45, 2.75) is 65.1 Å². The van der Waals surface area contributed by atoms with E-state index in [0.717, 1.165) is 17.8 Å². The first kappa shape index (κ1) is 24.1. The molecule has 1 aliphatic heterocycles. The van der Waals surface area contributed by atoms with Crippen LogP contribution < -0.4 is 5.32 Å². The molecule has 0 radical (unpaired) electrons. The second-order valence-corrected chi connectivity index (χ2v) is 10.5. The zero-order chi connectivity index (χ0) is 24.5. The SMILES string of the molecule is CCn1cc(S(=O)(=O)N2CCC[C@H](C(=O)Nc3cnn(Cc4cnn(CC)c4C)c3)C2)c(C)n1. The number of nitrogens with one attached hydrogen (secondary N) is 1. The van der Waals surface area contributed by atoms with Gasteiger partial charge in [-0.2, -0.15) is 19.6 Å². The van der Waals surface area contributed by atoms with Crippen molar-refractivity contribution in [3.05, 3.63) is 41.7 Å². The summed E-state index contributed by atoms with van der Waals surface area (Å²) in [6.07, 6.45) is 8.04. The molecule has 4 rings (SSSR count). The molecule has 11 nitrogen and oxygen atoms in total. The predicted octanol–water partition coefficient (Wildman–Crippen LogP) is 2.02. The molecule has 1 N–H and O–H groups in total. The number of amides is 1. The van der Waals surface area contributed by atoms with Crippen molar-refractivity contribution in [3.63, 3.8) is 0 Å². The molecule has 1 atom stereocenters. The Hall–Kier alpha value is -2.99. The summed E-state index contributed by atoms with van der Waals surface area (Å²) in [5, 5.41) is 15.9. The van der Waals surface area contributed by atoms with Crippen LogP contribution in [0, 0.1) is 19.8 Å². The molecule has 3 aromatic heterocycles. The van der Waals surface area contributed by atoms with Crippen molar-refractivity contribution >= 4 is 21.6 Å². The number of aromatic nitrogens is 6. The van der Waals surface area contributed by atoms with Gasteiger partial charge in [0.15, 0.2) is 0 Å². The third-order valence-corrected chi connectivity index (χ3v) is 8.30. The van der Waals surface area contributed by atoms with Crippen molar-refractivity contribution < 1.29 is 13.2 Å². The molecule has 184 valence electrons. The van der Waals surface area contributed by atoms with Gasteiger partial charge in [-0.1, -0.05) is 0 Å². The minimum Gasteiger partial charge on any atom is -0.323 e. The van der Waals surface area contributed by atoms with E-state index in [1.54, 1.807) is 34.9 Å². The van der Waals surface area contributed by atoms with Crippen LogP contribution in [0.3, 0.4) is 0 Å². The Bertz CT molecular complexity index is 1270. The number of rotatable bonds is 8. The predicted molar refractivity (Wildman–Crippen MR) is 127 cm³/mol. The Morgan fingerprint density at radius 3 is 2.59 bits per heavy atom. The highest BCUT2D eigenvalue weighted by molar-refractivity contribution is 7.89. The minimum atomic E-state index is -3.71. The molecule has 12 heteroatoms. The summed E-state index contributed by atoms with van der Waals surface area (Å²) in [7, 11) is -3.71. The highest BCUT2D eigenvalue weighted by Gasteiger charge is 2.35. The Balaban J connectivity index is 1.41. The van der Waals surface area contributed by atoms with Crippen LogP contribution in [0.2, 0.25) is 0 Å². The van der Waals surface area contributed by atoms with E-state index in [-0.39, 0.29) is 17.3 Å². The van der Waals surface area contributed by atoms with Crippen molar-refractivity contribution in [2.24, 2.45) is 5.92 Å². The Morgan fingerprint density at radius 2 is 1.91 bits per heavy atom. The van der Waals surface area contributed by atoms with Crippen LogP contribution in [0.5, 0.6) is 0 Å². The maximum absolute atomic E-state index is 13.2. The van der Waals surface area contributed by atoms with Gasteiger partial charge in [0.1, 0.15) is 4.90 Å². The van der Waals surface area contributed by atoms with E-state index in [4.69, 9.17) is 0 Å². The number of piperidine rings is 1. The summed E-state index contributed by atoms with van der Waals surface area (Å²) >= 11 is 0. The van der Waals surface area contributed by atoms with Crippen molar-refractivity contribution in [3.8, 4) is 0 Å². The van der Waals surface area contributed by atoms with Gasteiger partial charge in [-0.3, -0.25) is 18.8 Å². The van der Waals surface area contributed by atoms with Crippen LogP contribution in [0.25, 0.3) is 0 Å². The van der Waals surface area contributed by atoms with E-state index in [1.807, 2.05) is 31.6 Å². The fourth-order valence-electron chi connectivity index (χ4n) is 4.32. The van der Waals surface area contributed by atoms with E-state index < -0.39 is 15.9 Å². The molecule has 0 saturated carbocycles. The van der Waals surface area contributed by atoms with Crippen molar-refractivity contribution in [1.82, 2.24) is 33.6 Å². The second kappa shape index (κ2) is 9.71. The minimum absolute atomic E-state index is 0.147. The zero-order valence-electron chi connectivity index (χ0n) is 20.1. The number of carbonyl (C=O) groups is 1. The van der Waals surface area contributed by atoms with Crippen LogP contribution in [-0.2, 0) is 34.5 Å². The molecule has 3 aromatic rings. The first-order valence-corrected chi connectivity index (χ1v) is 13.1. The van der Waals surface area contributed by atoms with E-state index >= 15 is 0 Å². The summed E-state index contributed by atoms with van der Waals surface area (Å²) in [5.41, 5.74) is 3.22. The van der Waals surface area contributed by atoms with Crippen LogP contribution in [0.4, 0.5) is 5.69 Å². The van der Waals surface area contributed by atoms with Gasteiger partial charge in [0.05, 0.1) is 36.2 Å². The molecule has 0 spiro atoms. The third kappa shape index (κ3) is 4.78. The van der Waals surface area contributed by atoms with E-state index in [9.17, 15) is 13.2 Å². The topological polar surface area (TPSA) is 120 Å². The average molecular weight is 489 g/mol. The molecule has 0 aromatic carbocycles. The summed E-state index contributed by atoms with van der Waals surface area (Å²) in [6, 6.07) is 0. The Morgan fingerprint density at radius 1 is 1.12 bits per heavy atom. The molecule has 0 bridgehead atoms. The fraction of sp³-hybridized carbons (Fsp3) is 0.545. The van der Waals surface area contributed by atoms with Gasteiger partial charge in [0.25, 0.3) is 0 Å². The lowest BCUT2D eigenvalue weighted by Gasteiger charge is -2.30. The van der Waals surface area contributed by atoms with Gasteiger partial charge in [-0.15, -0.1) is 0 Å². The lowest BCUT2D eigenvalue weighted by Crippen LogP contribution is -2.43. The molecule has 34 heavy (non-hydrogen) atoms. The van der Waals surface area contributed by atoms with Gasteiger partial charge in [-0.05, 0) is 40.5 Å². The quantitative estimate of drug-likeness (QED) is 0.518. The normalized spacial score (nSPS) is 17.2. The number of hydrogen-bond donors (Lipinski definition) is 1. The number of hydrogen-bond acceptors (Lipinski definition) is 6. The zero-order valence-corrected chi connectivity index (χ0v) is 20.9. The van der Waals surface area contributed by atoms with Crippen LogP contribution in [-0.4, -0.2) is 61.1 Å². The smallest absolute Gasteiger partial charge is 0.246 e. The highest BCUT2D eigenvalue weighted by atomic mass is 32.2. The van der Waals surface area contributed by atoms with Crippen LogP contribution >= 0.6 is 0 Å².